The lowest BCUT2D eigenvalue weighted by molar-refractivity contribution is -0.143. The van der Waals surface area contributed by atoms with E-state index in [0.29, 0.717) is 5.13 Å². The predicted molar refractivity (Wildman–Crippen MR) is 88.3 cm³/mol. The van der Waals surface area contributed by atoms with E-state index < -0.39 is 11.8 Å². The molecular weight excluding hydrogens is 320 g/mol. The van der Waals surface area contributed by atoms with Crippen molar-refractivity contribution in [1.29, 1.82) is 0 Å². The zero-order chi connectivity index (χ0) is 16.4. The molecule has 0 aliphatic rings. The van der Waals surface area contributed by atoms with Gasteiger partial charge in [0.05, 0.1) is 22.4 Å². The fourth-order valence-corrected chi connectivity index (χ4v) is 3.61. The lowest BCUT2D eigenvalue weighted by atomic mass is 10.2. The largest absolute Gasteiger partial charge is 0.329 e. The Morgan fingerprint density at radius 1 is 1.27 bits per heavy atom. The number of amides is 2. The van der Waals surface area contributed by atoms with E-state index in [-0.39, 0.29) is 6.04 Å². The number of carbonyl (C=O) groups is 2. The van der Waals surface area contributed by atoms with Crippen LogP contribution >= 0.6 is 22.7 Å². The summed E-state index contributed by atoms with van der Waals surface area (Å²) in [6, 6.07) is -0.263. The molecule has 0 aromatic carbocycles. The highest BCUT2D eigenvalue weighted by atomic mass is 32.1. The van der Waals surface area contributed by atoms with Crippen LogP contribution in [0.4, 0.5) is 5.13 Å². The number of nitrogens with zero attached hydrogens (tertiary/aromatic N) is 3. The Hall–Kier alpha value is -1.80. The summed E-state index contributed by atoms with van der Waals surface area (Å²) >= 11 is 2.88. The molecule has 0 fully saturated rings. The molecule has 0 saturated heterocycles. The predicted octanol–water partition coefficient (Wildman–Crippen LogP) is 2.68. The van der Waals surface area contributed by atoms with Crippen molar-refractivity contribution in [2.45, 2.75) is 33.7 Å². The zero-order valence-electron chi connectivity index (χ0n) is 13.1. The molecule has 0 aliphatic carbocycles. The summed E-state index contributed by atoms with van der Waals surface area (Å²) in [6.45, 7) is 7.58. The van der Waals surface area contributed by atoms with Gasteiger partial charge in [-0.1, -0.05) is 0 Å². The SMILES string of the molecule is Cc1csc(NC(=O)C(=O)N(C)C(C)c2nc(C)sc2C)n1. The van der Waals surface area contributed by atoms with E-state index >= 15 is 0 Å². The van der Waals surface area contributed by atoms with E-state index in [1.54, 1.807) is 18.4 Å². The molecule has 1 N–H and O–H groups in total. The standard InChI is InChI=1S/C14H18N4O2S2/c1-7-6-21-14(15-7)17-12(19)13(20)18(5)8(2)11-9(3)22-10(4)16-11/h6,8H,1-5H3,(H,15,17,19). The van der Waals surface area contributed by atoms with Gasteiger partial charge in [0.2, 0.25) is 0 Å². The van der Waals surface area contributed by atoms with Gasteiger partial charge < -0.3 is 4.90 Å². The molecule has 2 rings (SSSR count). The van der Waals surface area contributed by atoms with Crippen molar-refractivity contribution in [3.63, 3.8) is 0 Å². The van der Waals surface area contributed by atoms with Gasteiger partial charge >= 0.3 is 11.8 Å². The van der Waals surface area contributed by atoms with Crippen LogP contribution in [0.15, 0.2) is 5.38 Å². The first-order valence-electron chi connectivity index (χ1n) is 6.73. The van der Waals surface area contributed by atoms with Gasteiger partial charge in [0.1, 0.15) is 0 Å². The van der Waals surface area contributed by atoms with Crippen LogP contribution in [0.2, 0.25) is 0 Å². The van der Waals surface area contributed by atoms with Crippen LogP contribution in [0, 0.1) is 20.8 Å². The summed E-state index contributed by atoms with van der Waals surface area (Å²) in [6.07, 6.45) is 0. The minimum Gasteiger partial charge on any atom is -0.329 e. The summed E-state index contributed by atoms with van der Waals surface area (Å²) in [5.74, 6) is -1.29. The van der Waals surface area contributed by atoms with Crippen molar-refractivity contribution < 1.29 is 9.59 Å². The van der Waals surface area contributed by atoms with Gasteiger partial charge in [-0.2, -0.15) is 0 Å². The van der Waals surface area contributed by atoms with E-state index in [0.717, 1.165) is 21.3 Å². The summed E-state index contributed by atoms with van der Waals surface area (Å²) in [5.41, 5.74) is 1.64. The first-order valence-corrected chi connectivity index (χ1v) is 8.43. The average Bonchev–Trinajstić information content (AvgIpc) is 3.01. The molecular formula is C14H18N4O2S2. The first-order chi connectivity index (χ1) is 10.3. The van der Waals surface area contributed by atoms with Crippen molar-refractivity contribution in [3.8, 4) is 0 Å². The van der Waals surface area contributed by atoms with Crippen LogP contribution < -0.4 is 5.32 Å². The van der Waals surface area contributed by atoms with Gasteiger partial charge in [0.15, 0.2) is 5.13 Å². The number of aromatic nitrogens is 2. The maximum Gasteiger partial charge on any atom is 0.315 e. The second kappa shape index (κ2) is 6.53. The topological polar surface area (TPSA) is 75.2 Å². The summed E-state index contributed by atoms with van der Waals surface area (Å²) in [5, 5.41) is 5.72. The van der Waals surface area contributed by atoms with Gasteiger partial charge in [0, 0.05) is 17.3 Å². The Kier molecular flexibility index (Phi) is 4.92. The number of anilines is 1. The second-order valence-corrected chi connectivity index (χ2v) is 7.28. The zero-order valence-corrected chi connectivity index (χ0v) is 14.8. The highest BCUT2D eigenvalue weighted by Gasteiger charge is 2.26. The third-order valence-corrected chi connectivity index (χ3v) is 5.05. The van der Waals surface area contributed by atoms with Crippen LogP contribution in [-0.2, 0) is 9.59 Å². The molecule has 2 aromatic heterocycles. The highest BCUT2D eigenvalue weighted by Crippen LogP contribution is 2.26. The van der Waals surface area contributed by atoms with Crippen LogP contribution in [0.3, 0.4) is 0 Å². The lowest BCUT2D eigenvalue weighted by Gasteiger charge is -2.23. The fraction of sp³-hybridized carbons (Fsp3) is 0.429. The molecule has 2 aromatic rings. The molecule has 0 saturated carbocycles. The molecule has 118 valence electrons. The van der Waals surface area contributed by atoms with Gasteiger partial charge in [-0.3, -0.25) is 14.9 Å². The summed E-state index contributed by atoms with van der Waals surface area (Å²) in [4.78, 5) is 35.3. The van der Waals surface area contributed by atoms with Crippen LogP contribution in [0.5, 0.6) is 0 Å². The number of aryl methyl sites for hydroxylation is 3. The Morgan fingerprint density at radius 2 is 1.95 bits per heavy atom. The van der Waals surface area contributed by atoms with Crippen LogP contribution in [0.1, 0.15) is 34.2 Å². The number of likely N-dealkylation sites (N-methyl/N-ethyl adjacent to an activating group) is 1. The quantitative estimate of drug-likeness (QED) is 0.873. The maximum atomic E-state index is 12.3. The number of hydrogen-bond donors (Lipinski definition) is 1. The van der Waals surface area contributed by atoms with Gasteiger partial charge in [-0.25, -0.2) is 9.97 Å². The normalized spacial score (nSPS) is 12.0. The van der Waals surface area contributed by atoms with E-state index in [1.165, 1.54) is 16.2 Å². The Labute approximate surface area is 137 Å². The van der Waals surface area contributed by atoms with Crippen molar-refractivity contribution in [2.75, 3.05) is 12.4 Å². The van der Waals surface area contributed by atoms with Crippen molar-refractivity contribution in [1.82, 2.24) is 14.9 Å². The molecule has 1 atom stereocenters. The molecule has 2 heterocycles. The van der Waals surface area contributed by atoms with Crippen molar-refractivity contribution >= 4 is 39.6 Å². The summed E-state index contributed by atoms with van der Waals surface area (Å²) in [7, 11) is 1.60. The third kappa shape index (κ3) is 3.50. The molecule has 8 heteroatoms. The maximum absolute atomic E-state index is 12.3. The van der Waals surface area contributed by atoms with Gasteiger partial charge in [-0.05, 0) is 27.7 Å². The number of hydrogen-bond acceptors (Lipinski definition) is 6. The molecule has 1 unspecified atom stereocenters. The number of nitrogens with one attached hydrogen (secondary N) is 1. The molecule has 0 bridgehead atoms. The number of thiazole rings is 2. The monoisotopic (exact) mass is 338 g/mol. The molecule has 0 radical (unpaired) electrons. The smallest absolute Gasteiger partial charge is 0.315 e. The van der Waals surface area contributed by atoms with E-state index in [9.17, 15) is 9.59 Å². The second-order valence-electron chi connectivity index (χ2n) is 5.01. The van der Waals surface area contributed by atoms with Gasteiger partial charge in [0.25, 0.3) is 0 Å². The summed E-state index contributed by atoms with van der Waals surface area (Å²) < 4.78 is 0. The molecule has 0 aliphatic heterocycles. The Balaban J connectivity index is 2.07. The third-order valence-electron chi connectivity index (χ3n) is 3.27. The fourth-order valence-electron chi connectivity index (χ4n) is 2.01. The Bertz CT molecular complexity index is 708. The first kappa shape index (κ1) is 16.6. The molecule has 6 nitrogen and oxygen atoms in total. The molecule has 22 heavy (non-hydrogen) atoms. The van der Waals surface area contributed by atoms with Crippen LogP contribution in [-0.4, -0.2) is 33.7 Å². The van der Waals surface area contributed by atoms with Gasteiger partial charge in [-0.15, -0.1) is 22.7 Å². The minimum absolute atomic E-state index is 0.263. The minimum atomic E-state index is -0.687. The van der Waals surface area contributed by atoms with Crippen molar-refractivity contribution in [3.05, 3.63) is 26.7 Å². The lowest BCUT2D eigenvalue weighted by Crippen LogP contribution is -2.38. The van der Waals surface area contributed by atoms with Crippen LogP contribution in [0.25, 0.3) is 0 Å². The number of carbonyl (C=O) groups excluding carboxylic acids is 2. The van der Waals surface area contributed by atoms with E-state index in [2.05, 4.69) is 15.3 Å². The average molecular weight is 338 g/mol. The van der Waals surface area contributed by atoms with E-state index in [4.69, 9.17) is 0 Å². The highest BCUT2D eigenvalue weighted by molar-refractivity contribution is 7.14. The Morgan fingerprint density at radius 3 is 2.45 bits per heavy atom. The van der Waals surface area contributed by atoms with E-state index in [1.807, 2.05) is 33.1 Å². The van der Waals surface area contributed by atoms with Crippen molar-refractivity contribution in [2.24, 2.45) is 0 Å². The molecule has 2 amide bonds. The number of rotatable bonds is 3. The molecule has 0 spiro atoms.